The Bertz CT molecular complexity index is 516. The van der Waals surface area contributed by atoms with Gasteiger partial charge in [-0.3, -0.25) is 9.59 Å². The molecule has 2 N–H and O–H groups in total. The van der Waals surface area contributed by atoms with Crippen LogP contribution in [0.3, 0.4) is 0 Å². The van der Waals surface area contributed by atoms with Gasteiger partial charge >= 0.3 is 6.09 Å². The predicted molar refractivity (Wildman–Crippen MR) is 103 cm³/mol. The highest BCUT2D eigenvalue weighted by molar-refractivity contribution is 5.82. The minimum absolute atomic E-state index is 0.0525. The highest BCUT2D eigenvalue weighted by Gasteiger charge is 2.26. The number of rotatable bonds is 5. The minimum Gasteiger partial charge on any atom is -0.444 e. The Labute approximate surface area is 162 Å². The van der Waals surface area contributed by atoms with Gasteiger partial charge in [0.05, 0.1) is 0 Å². The summed E-state index contributed by atoms with van der Waals surface area (Å²) < 4.78 is 5.11. The van der Waals surface area contributed by atoms with Crippen LogP contribution in [0.4, 0.5) is 4.79 Å². The fourth-order valence-electron chi connectivity index (χ4n) is 3.79. The van der Waals surface area contributed by atoms with Gasteiger partial charge in [-0.1, -0.05) is 19.3 Å². The average Bonchev–Trinajstić information content (AvgIpc) is 2.60. The van der Waals surface area contributed by atoms with Crippen LogP contribution in [0, 0.1) is 5.92 Å². The molecule has 27 heavy (non-hydrogen) atoms. The first kappa shape index (κ1) is 21.5. The van der Waals surface area contributed by atoms with Crippen LogP contribution in [-0.2, 0) is 14.3 Å². The zero-order chi connectivity index (χ0) is 19.9. The molecule has 0 aromatic rings. The zero-order valence-electron chi connectivity index (χ0n) is 17.0. The molecule has 1 saturated carbocycles. The maximum atomic E-state index is 12.5. The first-order valence-corrected chi connectivity index (χ1v) is 10.3. The van der Waals surface area contributed by atoms with Crippen LogP contribution in [0.25, 0.3) is 0 Å². The van der Waals surface area contributed by atoms with Crippen LogP contribution in [0.15, 0.2) is 0 Å². The fraction of sp³-hybridized carbons (Fsp3) is 0.850. The average molecular weight is 382 g/mol. The Morgan fingerprint density at radius 1 is 1.00 bits per heavy atom. The number of alkyl carbamates (subject to hydrolysis) is 1. The second kappa shape index (κ2) is 9.95. The Kier molecular flexibility index (Phi) is 7.92. The van der Waals surface area contributed by atoms with Crippen LogP contribution in [0.1, 0.15) is 72.1 Å². The number of carbonyl (C=O) groups is 3. The van der Waals surface area contributed by atoms with Crippen LogP contribution in [0.2, 0.25) is 0 Å². The zero-order valence-corrected chi connectivity index (χ0v) is 17.0. The van der Waals surface area contributed by atoms with E-state index in [2.05, 4.69) is 10.6 Å². The van der Waals surface area contributed by atoms with Gasteiger partial charge in [0.15, 0.2) is 0 Å². The summed E-state index contributed by atoms with van der Waals surface area (Å²) >= 11 is 0. The van der Waals surface area contributed by atoms with E-state index in [4.69, 9.17) is 4.74 Å². The number of amides is 3. The molecular weight excluding hydrogens is 346 g/mol. The predicted octanol–water partition coefficient (Wildman–Crippen LogP) is 2.59. The molecule has 0 unspecified atom stereocenters. The lowest BCUT2D eigenvalue weighted by atomic mass is 9.86. The summed E-state index contributed by atoms with van der Waals surface area (Å²) in [4.78, 5) is 38.0. The van der Waals surface area contributed by atoms with E-state index in [-0.39, 0.29) is 24.4 Å². The first-order chi connectivity index (χ1) is 12.7. The smallest absolute Gasteiger partial charge is 0.408 e. The molecule has 0 spiro atoms. The summed E-state index contributed by atoms with van der Waals surface area (Å²) in [5.74, 6) is 0.591. The number of piperidine rings is 1. The van der Waals surface area contributed by atoms with Gasteiger partial charge in [-0.15, -0.1) is 0 Å². The van der Waals surface area contributed by atoms with Gasteiger partial charge in [-0.05, 0) is 52.4 Å². The Hall–Kier alpha value is -1.79. The van der Waals surface area contributed by atoms with Gasteiger partial charge in [-0.25, -0.2) is 4.79 Å². The first-order valence-electron chi connectivity index (χ1n) is 10.3. The molecule has 0 radical (unpaired) electrons. The molecule has 7 heteroatoms. The molecule has 2 aliphatic rings. The highest BCUT2D eigenvalue weighted by Crippen LogP contribution is 2.27. The largest absolute Gasteiger partial charge is 0.444 e. The summed E-state index contributed by atoms with van der Waals surface area (Å²) in [6.07, 6.45) is 7.78. The van der Waals surface area contributed by atoms with Crippen molar-refractivity contribution in [3.8, 4) is 0 Å². The third-order valence-electron chi connectivity index (χ3n) is 5.19. The molecular formula is C20H35N3O4. The molecule has 154 valence electrons. The summed E-state index contributed by atoms with van der Waals surface area (Å²) in [6.45, 7) is 6.60. The second-order valence-corrected chi connectivity index (χ2v) is 8.79. The molecule has 1 heterocycles. The van der Waals surface area contributed by atoms with Gasteiger partial charge in [0.25, 0.3) is 0 Å². The summed E-state index contributed by atoms with van der Waals surface area (Å²) in [7, 11) is 0. The van der Waals surface area contributed by atoms with E-state index in [1.54, 1.807) is 20.8 Å². The van der Waals surface area contributed by atoms with Crippen LogP contribution < -0.4 is 10.6 Å². The second-order valence-electron chi connectivity index (χ2n) is 8.79. The maximum absolute atomic E-state index is 12.5. The Balaban J connectivity index is 1.62. The van der Waals surface area contributed by atoms with E-state index >= 15 is 0 Å². The molecule has 7 nitrogen and oxygen atoms in total. The van der Waals surface area contributed by atoms with Crippen LogP contribution in [0.5, 0.6) is 0 Å². The minimum atomic E-state index is -0.597. The van der Waals surface area contributed by atoms with Crippen molar-refractivity contribution in [2.45, 2.75) is 83.8 Å². The van der Waals surface area contributed by atoms with Crippen molar-refractivity contribution in [3.05, 3.63) is 0 Å². The lowest BCUT2D eigenvalue weighted by molar-refractivity contribution is -0.133. The van der Waals surface area contributed by atoms with Crippen LogP contribution in [-0.4, -0.2) is 54.1 Å². The lowest BCUT2D eigenvalue weighted by Gasteiger charge is -2.33. The van der Waals surface area contributed by atoms with Gasteiger partial charge in [-0.2, -0.15) is 0 Å². The van der Waals surface area contributed by atoms with E-state index < -0.39 is 11.7 Å². The number of nitrogens with one attached hydrogen (secondary N) is 2. The van der Waals surface area contributed by atoms with Gasteiger partial charge in [0.2, 0.25) is 11.8 Å². The van der Waals surface area contributed by atoms with Crippen LogP contribution >= 0.6 is 0 Å². The number of nitrogens with zero attached hydrogens (tertiary/aromatic N) is 1. The quantitative estimate of drug-likeness (QED) is 0.766. The SMILES string of the molecule is CC(C)(C)OC(=O)NCC(=O)NC1CCN(C(=O)CC2CCCCC2)CC1. The van der Waals surface area contributed by atoms with Crippen molar-refractivity contribution in [2.24, 2.45) is 5.92 Å². The maximum Gasteiger partial charge on any atom is 0.408 e. The summed E-state index contributed by atoms with van der Waals surface area (Å²) in [5, 5.41) is 5.39. The van der Waals surface area contributed by atoms with E-state index in [9.17, 15) is 14.4 Å². The monoisotopic (exact) mass is 381 g/mol. The van der Waals surface area contributed by atoms with Gasteiger partial charge < -0.3 is 20.3 Å². The molecule has 2 fully saturated rings. The third-order valence-corrected chi connectivity index (χ3v) is 5.19. The topological polar surface area (TPSA) is 87.7 Å². The van der Waals surface area contributed by atoms with Crippen molar-refractivity contribution >= 4 is 17.9 Å². The Morgan fingerprint density at radius 3 is 2.22 bits per heavy atom. The fourth-order valence-corrected chi connectivity index (χ4v) is 3.79. The van der Waals surface area contributed by atoms with Crippen molar-refractivity contribution in [3.63, 3.8) is 0 Å². The van der Waals surface area contributed by atoms with E-state index in [1.807, 2.05) is 4.90 Å². The number of hydrogen-bond donors (Lipinski definition) is 2. The third kappa shape index (κ3) is 8.18. The molecule has 3 amide bonds. The molecule has 0 aromatic carbocycles. The van der Waals surface area contributed by atoms with Crippen molar-refractivity contribution < 1.29 is 19.1 Å². The number of likely N-dealkylation sites (tertiary alicyclic amines) is 1. The standard InChI is InChI=1S/C20H35N3O4/c1-20(2,3)27-19(26)21-14-17(24)22-16-9-11-23(12-10-16)18(25)13-15-7-5-4-6-8-15/h15-16H,4-14H2,1-3H3,(H,21,26)(H,22,24). The van der Waals surface area contributed by atoms with E-state index in [1.165, 1.54) is 32.1 Å². The summed E-state index contributed by atoms with van der Waals surface area (Å²) in [6, 6.07) is 0.0525. The van der Waals surface area contributed by atoms with Gasteiger partial charge in [0.1, 0.15) is 12.1 Å². The van der Waals surface area contributed by atoms with E-state index in [0.29, 0.717) is 25.4 Å². The molecule has 1 aliphatic carbocycles. The van der Waals surface area contributed by atoms with Crippen molar-refractivity contribution in [1.29, 1.82) is 0 Å². The van der Waals surface area contributed by atoms with Gasteiger partial charge in [0, 0.05) is 25.6 Å². The van der Waals surface area contributed by atoms with Crippen molar-refractivity contribution in [2.75, 3.05) is 19.6 Å². The van der Waals surface area contributed by atoms with E-state index in [0.717, 1.165) is 12.8 Å². The normalized spacial score (nSPS) is 19.4. The molecule has 0 aromatic heterocycles. The lowest BCUT2D eigenvalue weighted by Crippen LogP contribution is -2.49. The molecule has 2 rings (SSSR count). The summed E-state index contributed by atoms with van der Waals surface area (Å²) in [5.41, 5.74) is -0.586. The molecule has 0 bridgehead atoms. The highest BCUT2D eigenvalue weighted by atomic mass is 16.6. The Morgan fingerprint density at radius 2 is 1.63 bits per heavy atom. The number of ether oxygens (including phenoxy) is 1. The molecule has 1 saturated heterocycles. The number of hydrogen-bond acceptors (Lipinski definition) is 4. The van der Waals surface area contributed by atoms with Crippen molar-refractivity contribution in [1.82, 2.24) is 15.5 Å². The molecule has 0 atom stereocenters. The molecule has 1 aliphatic heterocycles. The number of carbonyl (C=O) groups excluding carboxylic acids is 3.